The average molecular weight is 519 g/mol. The van der Waals surface area contributed by atoms with E-state index < -0.39 is 0 Å². The van der Waals surface area contributed by atoms with Crippen LogP contribution in [0.25, 0.3) is 11.3 Å². The number of benzene rings is 1. The fourth-order valence-electron chi connectivity index (χ4n) is 3.26. The summed E-state index contributed by atoms with van der Waals surface area (Å²) in [5, 5.41) is 10.8. The van der Waals surface area contributed by atoms with Crippen LogP contribution in [0.15, 0.2) is 64.2 Å². The van der Waals surface area contributed by atoms with Gasteiger partial charge in [-0.15, -0.1) is 24.0 Å². The molecule has 0 aliphatic heterocycles. The first-order valence-corrected chi connectivity index (χ1v) is 10.1. The highest BCUT2D eigenvalue weighted by atomic mass is 127. The van der Waals surface area contributed by atoms with Crippen LogP contribution in [0.5, 0.6) is 0 Å². The largest absolute Gasteiger partial charge is 0.359 e. The summed E-state index contributed by atoms with van der Waals surface area (Å²) < 4.78 is 5.47. The van der Waals surface area contributed by atoms with Crippen LogP contribution in [0.3, 0.4) is 0 Å². The van der Waals surface area contributed by atoms with E-state index in [0.29, 0.717) is 25.0 Å². The zero-order valence-electron chi connectivity index (χ0n) is 17.8. The monoisotopic (exact) mass is 519 g/mol. The zero-order chi connectivity index (χ0) is 20.5. The van der Waals surface area contributed by atoms with Gasteiger partial charge in [0.1, 0.15) is 0 Å². The summed E-state index contributed by atoms with van der Waals surface area (Å²) in [5.74, 6) is 1.98. The van der Waals surface area contributed by atoms with Crippen molar-refractivity contribution in [2.75, 3.05) is 7.05 Å². The molecule has 0 fully saturated rings. The number of hydrogen-bond donors (Lipinski definition) is 2. The minimum atomic E-state index is 0. The molecule has 0 bridgehead atoms. The van der Waals surface area contributed by atoms with Crippen molar-refractivity contribution in [3.05, 3.63) is 71.7 Å². The molecule has 1 aromatic carbocycles. The van der Waals surface area contributed by atoms with E-state index in [1.54, 1.807) is 7.05 Å². The van der Waals surface area contributed by atoms with Crippen LogP contribution < -0.4 is 10.6 Å². The Bertz CT molecular complexity index is 922. The van der Waals surface area contributed by atoms with E-state index in [0.717, 1.165) is 41.1 Å². The number of aliphatic imine (C=N–C) groups is 1. The molecule has 160 valence electrons. The van der Waals surface area contributed by atoms with E-state index in [2.05, 4.69) is 57.8 Å². The lowest BCUT2D eigenvalue weighted by Crippen LogP contribution is -2.36. The van der Waals surface area contributed by atoms with Gasteiger partial charge in [0.05, 0.1) is 17.9 Å². The molecule has 2 N–H and O–H groups in total. The molecule has 0 radical (unpaired) electrons. The third-order valence-electron chi connectivity index (χ3n) is 4.98. The van der Waals surface area contributed by atoms with Crippen molar-refractivity contribution in [2.24, 2.45) is 4.99 Å². The third kappa shape index (κ3) is 6.55. The van der Waals surface area contributed by atoms with E-state index in [-0.39, 0.29) is 24.0 Å². The van der Waals surface area contributed by atoms with Crippen molar-refractivity contribution in [1.29, 1.82) is 0 Å². The second-order valence-corrected chi connectivity index (χ2v) is 6.93. The molecule has 0 atom stereocenters. The SMILES string of the molecule is CCC(CC)c1cc(CNC(=NC)NCc2cccc(-c3ccccn3)c2)on1.I. The first-order chi connectivity index (χ1) is 14.2. The summed E-state index contributed by atoms with van der Waals surface area (Å²) in [6.45, 7) is 5.56. The normalized spacial score (nSPS) is 11.3. The second kappa shape index (κ2) is 12.3. The minimum Gasteiger partial charge on any atom is -0.359 e. The molecule has 0 amide bonds. The molecule has 0 saturated heterocycles. The summed E-state index contributed by atoms with van der Waals surface area (Å²) >= 11 is 0. The molecule has 0 aliphatic carbocycles. The Morgan fingerprint density at radius 2 is 1.83 bits per heavy atom. The van der Waals surface area contributed by atoms with Crippen molar-refractivity contribution >= 4 is 29.9 Å². The topological polar surface area (TPSA) is 75.3 Å². The highest BCUT2D eigenvalue weighted by Gasteiger charge is 2.13. The molecule has 0 aliphatic rings. The highest BCUT2D eigenvalue weighted by Crippen LogP contribution is 2.22. The smallest absolute Gasteiger partial charge is 0.191 e. The number of rotatable bonds is 8. The van der Waals surface area contributed by atoms with Gasteiger partial charge in [0.2, 0.25) is 0 Å². The molecular formula is C23H30IN5O. The standard InChI is InChI=1S/C23H29N5O.HI/c1-4-18(5-2)22-14-20(29-28-22)16-27-23(24-3)26-15-17-9-8-10-19(13-17)21-11-6-7-12-25-21;/h6-14,18H,4-5,15-16H2,1-3H3,(H2,24,26,27);1H. The number of hydrogen-bond acceptors (Lipinski definition) is 4. The molecule has 0 spiro atoms. The number of guanidine groups is 1. The van der Waals surface area contributed by atoms with Gasteiger partial charge in [-0.25, -0.2) is 0 Å². The van der Waals surface area contributed by atoms with E-state index >= 15 is 0 Å². The predicted octanol–water partition coefficient (Wildman–Crippen LogP) is 5.12. The third-order valence-corrected chi connectivity index (χ3v) is 4.98. The Hall–Kier alpha value is -2.42. The molecule has 30 heavy (non-hydrogen) atoms. The Labute approximate surface area is 195 Å². The summed E-state index contributed by atoms with van der Waals surface area (Å²) in [5.41, 5.74) is 4.26. The van der Waals surface area contributed by atoms with Gasteiger partial charge in [-0.05, 0) is 36.6 Å². The van der Waals surface area contributed by atoms with Crippen molar-refractivity contribution in [1.82, 2.24) is 20.8 Å². The first kappa shape index (κ1) is 23.9. The fourth-order valence-corrected chi connectivity index (χ4v) is 3.26. The van der Waals surface area contributed by atoms with Crippen molar-refractivity contribution in [3.63, 3.8) is 0 Å². The van der Waals surface area contributed by atoms with Crippen LogP contribution in [-0.4, -0.2) is 23.1 Å². The number of nitrogens with zero attached hydrogens (tertiary/aromatic N) is 3. The lowest BCUT2D eigenvalue weighted by molar-refractivity contribution is 0.368. The van der Waals surface area contributed by atoms with Gasteiger partial charge in [0.25, 0.3) is 0 Å². The maximum Gasteiger partial charge on any atom is 0.191 e. The van der Waals surface area contributed by atoms with E-state index in [9.17, 15) is 0 Å². The van der Waals surface area contributed by atoms with E-state index in [4.69, 9.17) is 4.52 Å². The Morgan fingerprint density at radius 1 is 1.03 bits per heavy atom. The maximum atomic E-state index is 5.47. The van der Waals surface area contributed by atoms with Crippen molar-refractivity contribution < 1.29 is 4.52 Å². The van der Waals surface area contributed by atoms with Crippen LogP contribution >= 0.6 is 24.0 Å². The van der Waals surface area contributed by atoms with Crippen LogP contribution in [0.4, 0.5) is 0 Å². The highest BCUT2D eigenvalue weighted by molar-refractivity contribution is 14.0. The van der Waals surface area contributed by atoms with Gasteiger partial charge >= 0.3 is 0 Å². The molecule has 0 saturated carbocycles. The molecule has 2 aromatic heterocycles. The van der Waals surface area contributed by atoms with Gasteiger partial charge in [-0.1, -0.05) is 43.3 Å². The molecule has 3 rings (SSSR count). The Morgan fingerprint density at radius 3 is 2.53 bits per heavy atom. The first-order valence-electron chi connectivity index (χ1n) is 10.1. The molecule has 7 heteroatoms. The lowest BCUT2D eigenvalue weighted by atomic mass is 9.99. The van der Waals surface area contributed by atoms with Crippen molar-refractivity contribution in [2.45, 2.75) is 45.7 Å². The van der Waals surface area contributed by atoms with Gasteiger partial charge < -0.3 is 15.2 Å². The molecule has 3 aromatic rings. The summed E-state index contributed by atoms with van der Waals surface area (Å²) in [6, 6.07) is 16.3. The van der Waals surface area contributed by atoms with E-state index in [1.165, 1.54) is 0 Å². The van der Waals surface area contributed by atoms with Gasteiger partial charge in [-0.3, -0.25) is 9.98 Å². The summed E-state index contributed by atoms with van der Waals surface area (Å²) in [6.07, 6.45) is 3.94. The predicted molar refractivity (Wildman–Crippen MR) is 132 cm³/mol. The summed E-state index contributed by atoms with van der Waals surface area (Å²) in [7, 11) is 1.76. The number of pyridine rings is 1. The number of nitrogens with one attached hydrogen (secondary N) is 2. The van der Waals surface area contributed by atoms with Crippen LogP contribution in [-0.2, 0) is 13.1 Å². The molecular weight excluding hydrogens is 489 g/mol. The van der Waals surface area contributed by atoms with Crippen LogP contribution in [0.2, 0.25) is 0 Å². The maximum absolute atomic E-state index is 5.47. The van der Waals surface area contributed by atoms with Crippen molar-refractivity contribution in [3.8, 4) is 11.3 Å². The van der Waals surface area contributed by atoms with Gasteiger partial charge in [-0.2, -0.15) is 0 Å². The summed E-state index contributed by atoms with van der Waals surface area (Å²) in [4.78, 5) is 8.71. The molecule has 6 nitrogen and oxygen atoms in total. The quantitative estimate of drug-likeness (QED) is 0.246. The van der Waals surface area contributed by atoms with E-state index in [1.807, 2.05) is 36.5 Å². The fraction of sp³-hybridized carbons (Fsp3) is 0.348. The minimum absolute atomic E-state index is 0. The van der Waals surface area contributed by atoms with Gasteiger partial charge in [0, 0.05) is 37.3 Å². The lowest BCUT2D eigenvalue weighted by Gasteiger charge is -2.11. The second-order valence-electron chi connectivity index (χ2n) is 6.93. The number of halogens is 1. The van der Waals surface area contributed by atoms with Crippen LogP contribution in [0, 0.1) is 0 Å². The Balaban J connectivity index is 0.00000320. The number of aromatic nitrogens is 2. The van der Waals surface area contributed by atoms with Gasteiger partial charge in [0.15, 0.2) is 11.7 Å². The Kier molecular flexibility index (Phi) is 9.79. The zero-order valence-corrected chi connectivity index (χ0v) is 20.1. The molecule has 0 unspecified atom stereocenters. The van der Waals surface area contributed by atoms with Crippen LogP contribution in [0.1, 0.15) is 49.6 Å². The average Bonchev–Trinajstić information content (AvgIpc) is 3.24. The molecule has 2 heterocycles.